The van der Waals surface area contributed by atoms with Crippen molar-refractivity contribution < 1.29 is 14.6 Å². The van der Waals surface area contributed by atoms with Crippen molar-refractivity contribution in [3.63, 3.8) is 0 Å². The smallest absolute Gasteiger partial charge is 0.226 e. The number of aliphatic hydroxyl groups is 1. The predicted octanol–water partition coefficient (Wildman–Crippen LogP) is 1.93. The largest absolute Gasteiger partial charge is 0.493 e. The van der Waals surface area contributed by atoms with Crippen molar-refractivity contribution in [1.29, 1.82) is 0 Å². The third kappa shape index (κ3) is 3.56. The second-order valence-corrected chi connectivity index (χ2v) is 5.99. The Kier molecular flexibility index (Phi) is 4.44. The van der Waals surface area contributed by atoms with Crippen LogP contribution < -0.4 is 4.74 Å². The van der Waals surface area contributed by atoms with Crippen molar-refractivity contribution in [3.05, 3.63) is 29.3 Å². The molecule has 1 aliphatic heterocycles. The summed E-state index contributed by atoms with van der Waals surface area (Å²) in [5.74, 6) is 1.00. The molecule has 1 fully saturated rings. The van der Waals surface area contributed by atoms with Gasteiger partial charge in [-0.2, -0.15) is 0 Å². The minimum absolute atomic E-state index is 0.128. The van der Waals surface area contributed by atoms with Gasteiger partial charge in [-0.05, 0) is 55.4 Å². The van der Waals surface area contributed by atoms with Gasteiger partial charge in [0.1, 0.15) is 5.75 Å². The van der Waals surface area contributed by atoms with Crippen molar-refractivity contribution in [2.45, 2.75) is 44.6 Å². The number of hydrogen-bond donors (Lipinski definition) is 1. The summed E-state index contributed by atoms with van der Waals surface area (Å²) >= 11 is 0. The maximum Gasteiger partial charge on any atom is 0.226 e. The highest BCUT2D eigenvalue weighted by Crippen LogP contribution is 2.26. The lowest BCUT2D eigenvalue weighted by molar-refractivity contribution is -0.133. The lowest BCUT2D eigenvalue weighted by Crippen LogP contribution is -2.40. The number of ether oxygens (including phenoxy) is 1. The quantitative estimate of drug-likeness (QED) is 0.921. The standard InChI is InChI=1S/C17H23NO3/c19-15-6-9-18(10-7-15)17(20)8-11-21-16-5-4-13-2-1-3-14(13)12-16/h4-5,12,15,19H,1-3,6-11H2. The van der Waals surface area contributed by atoms with Gasteiger partial charge in [-0.1, -0.05) is 6.07 Å². The Morgan fingerprint density at radius 3 is 2.81 bits per heavy atom. The molecule has 0 aromatic heterocycles. The first-order valence-corrected chi connectivity index (χ1v) is 7.93. The van der Waals surface area contributed by atoms with Crippen LogP contribution in [-0.2, 0) is 17.6 Å². The maximum atomic E-state index is 12.0. The van der Waals surface area contributed by atoms with Gasteiger partial charge >= 0.3 is 0 Å². The molecular weight excluding hydrogens is 266 g/mol. The van der Waals surface area contributed by atoms with Gasteiger partial charge in [-0.25, -0.2) is 0 Å². The van der Waals surface area contributed by atoms with Gasteiger partial charge in [0.25, 0.3) is 0 Å². The fraction of sp³-hybridized carbons (Fsp3) is 0.588. The van der Waals surface area contributed by atoms with Crippen LogP contribution in [0.3, 0.4) is 0 Å². The number of nitrogens with zero attached hydrogens (tertiary/aromatic N) is 1. The van der Waals surface area contributed by atoms with Gasteiger partial charge in [-0.3, -0.25) is 4.79 Å². The number of benzene rings is 1. The summed E-state index contributed by atoms with van der Waals surface area (Å²) in [6, 6.07) is 6.27. The van der Waals surface area contributed by atoms with E-state index in [0.29, 0.717) is 39.0 Å². The molecule has 0 bridgehead atoms. The van der Waals surface area contributed by atoms with E-state index in [1.807, 2.05) is 11.0 Å². The Balaban J connectivity index is 1.44. The van der Waals surface area contributed by atoms with E-state index < -0.39 is 0 Å². The molecule has 0 saturated carbocycles. The summed E-state index contributed by atoms with van der Waals surface area (Å²) in [7, 11) is 0. The zero-order chi connectivity index (χ0) is 14.7. The van der Waals surface area contributed by atoms with E-state index in [1.54, 1.807) is 0 Å². The van der Waals surface area contributed by atoms with Gasteiger partial charge < -0.3 is 14.7 Å². The molecule has 1 aromatic carbocycles. The van der Waals surface area contributed by atoms with Crippen molar-refractivity contribution in [1.82, 2.24) is 4.90 Å². The van der Waals surface area contributed by atoms with Gasteiger partial charge in [0.15, 0.2) is 0 Å². The first-order valence-electron chi connectivity index (χ1n) is 7.93. The third-order valence-electron chi connectivity index (χ3n) is 4.47. The summed E-state index contributed by atoms with van der Waals surface area (Å²) < 4.78 is 5.72. The van der Waals surface area contributed by atoms with E-state index in [4.69, 9.17) is 4.74 Å². The monoisotopic (exact) mass is 289 g/mol. The van der Waals surface area contributed by atoms with Crippen LogP contribution in [0.2, 0.25) is 0 Å². The molecule has 0 atom stereocenters. The second kappa shape index (κ2) is 6.48. The molecule has 0 spiro atoms. The highest BCUT2D eigenvalue weighted by atomic mass is 16.5. The van der Waals surface area contributed by atoms with Crippen LogP contribution >= 0.6 is 0 Å². The van der Waals surface area contributed by atoms with E-state index >= 15 is 0 Å². The number of amides is 1. The van der Waals surface area contributed by atoms with Crippen LogP contribution in [0.4, 0.5) is 0 Å². The number of rotatable bonds is 4. The van der Waals surface area contributed by atoms with Crippen molar-refractivity contribution >= 4 is 5.91 Å². The molecule has 0 radical (unpaired) electrons. The maximum absolute atomic E-state index is 12.0. The van der Waals surface area contributed by atoms with Crippen LogP contribution in [0.1, 0.15) is 36.8 Å². The number of fused-ring (bicyclic) bond motifs is 1. The summed E-state index contributed by atoms with van der Waals surface area (Å²) in [5.41, 5.74) is 2.83. The number of likely N-dealkylation sites (tertiary alicyclic amines) is 1. The number of carbonyl (C=O) groups is 1. The molecule has 1 saturated heterocycles. The molecule has 4 heteroatoms. The van der Waals surface area contributed by atoms with Crippen LogP contribution in [-0.4, -0.2) is 41.7 Å². The van der Waals surface area contributed by atoms with Crippen molar-refractivity contribution in [2.24, 2.45) is 0 Å². The highest BCUT2D eigenvalue weighted by Gasteiger charge is 2.21. The Hall–Kier alpha value is -1.55. The SMILES string of the molecule is O=C(CCOc1ccc2c(c1)CCC2)N1CCC(O)CC1. The summed E-state index contributed by atoms with van der Waals surface area (Å²) in [6.45, 7) is 1.76. The third-order valence-corrected chi connectivity index (χ3v) is 4.47. The molecule has 114 valence electrons. The minimum atomic E-state index is -0.239. The number of carbonyl (C=O) groups excluding carboxylic acids is 1. The van der Waals surface area contributed by atoms with E-state index in [-0.39, 0.29) is 12.0 Å². The average molecular weight is 289 g/mol. The first-order chi connectivity index (χ1) is 10.2. The minimum Gasteiger partial charge on any atom is -0.493 e. The molecule has 1 amide bonds. The molecule has 0 unspecified atom stereocenters. The van der Waals surface area contributed by atoms with Crippen molar-refractivity contribution in [2.75, 3.05) is 19.7 Å². The first kappa shape index (κ1) is 14.4. The van der Waals surface area contributed by atoms with Crippen LogP contribution in [0.25, 0.3) is 0 Å². The molecule has 2 aliphatic rings. The number of aliphatic hydroxyl groups excluding tert-OH is 1. The van der Waals surface area contributed by atoms with Gasteiger partial charge in [0, 0.05) is 13.1 Å². The molecular formula is C17H23NO3. The Labute approximate surface area is 125 Å². The lowest BCUT2D eigenvalue weighted by Gasteiger charge is -2.29. The zero-order valence-electron chi connectivity index (χ0n) is 12.4. The van der Waals surface area contributed by atoms with Crippen LogP contribution in [0.15, 0.2) is 18.2 Å². The fourth-order valence-corrected chi connectivity index (χ4v) is 3.17. The topological polar surface area (TPSA) is 49.8 Å². The van der Waals surface area contributed by atoms with Crippen LogP contribution in [0, 0.1) is 0 Å². The number of aryl methyl sites for hydroxylation is 2. The fourth-order valence-electron chi connectivity index (χ4n) is 3.17. The number of hydrogen-bond acceptors (Lipinski definition) is 3. The van der Waals surface area contributed by atoms with Gasteiger partial charge in [0.2, 0.25) is 5.91 Å². The van der Waals surface area contributed by atoms with E-state index in [2.05, 4.69) is 12.1 Å². The molecule has 1 N–H and O–H groups in total. The summed E-state index contributed by atoms with van der Waals surface area (Å²) in [5, 5.41) is 9.45. The van der Waals surface area contributed by atoms with E-state index in [1.165, 1.54) is 24.0 Å². The molecule has 4 nitrogen and oxygen atoms in total. The highest BCUT2D eigenvalue weighted by molar-refractivity contribution is 5.76. The molecule has 1 heterocycles. The van der Waals surface area contributed by atoms with Crippen LogP contribution in [0.5, 0.6) is 5.75 Å². The van der Waals surface area contributed by atoms with E-state index in [0.717, 1.165) is 12.2 Å². The molecule has 1 aliphatic carbocycles. The van der Waals surface area contributed by atoms with Gasteiger partial charge in [0.05, 0.1) is 19.1 Å². The summed E-state index contributed by atoms with van der Waals surface area (Å²) in [4.78, 5) is 13.9. The normalized spacial score (nSPS) is 18.6. The Morgan fingerprint density at radius 1 is 1.24 bits per heavy atom. The number of piperidine rings is 1. The zero-order valence-corrected chi connectivity index (χ0v) is 12.4. The summed E-state index contributed by atoms with van der Waals surface area (Å²) in [6.07, 6.45) is 5.10. The molecule has 21 heavy (non-hydrogen) atoms. The molecule has 1 aromatic rings. The Morgan fingerprint density at radius 2 is 2.00 bits per heavy atom. The van der Waals surface area contributed by atoms with E-state index in [9.17, 15) is 9.90 Å². The average Bonchev–Trinajstić information content (AvgIpc) is 2.95. The predicted molar refractivity (Wildman–Crippen MR) is 80.4 cm³/mol. The lowest BCUT2D eigenvalue weighted by atomic mass is 10.1. The van der Waals surface area contributed by atoms with Gasteiger partial charge in [-0.15, -0.1) is 0 Å². The Bertz CT molecular complexity index is 507. The molecule has 3 rings (SSSR count). The van der Waals surface area contributed by atoms with Crippen molar-refractivity contribution in [3.8, 4) is 5.75 Å². The second-order valence-electron chi connectivity index (χ2n) is 5.99.